The summed E-state index contributed by atoms with van der Waals surface area (Å²) in [6.07, 6.45) is 0.700. The van der Waals surface area contributed by atoms with Gasteiger partial charge in [-0.3, -0.25) is 0 Å². The van der Waals surface area contributed by atoms with Crippen molar-refractivity contribution >= 4 is 34.3 Å². The molecule has 3 aromatic rings. The van der Waals surface area contributed by atoms with Gasteiger partial charge in [-0.05, 0) is 23.8 Å². The summed E-state index contributed by atoms with van der Waals surface area (Å²) in [5, 5.41) is 1.41. The van der Waals surface area contributed by atoms with E-state index in [1.54, 1.807) is 0 Å². The van der Waals surface area contributed by atoms with Crippen LogP contribution in [0.1, 0.15) is 5.56 Å². The highest BCUT2D eigenvalue weighted by Gasteiger charge is 2.09. The van der Waals surface area contributed by atoms with E-state index in [4.69, 9.17) is 27.8 Å². The fourth-order valence-corrected chi connectivity index (χ4v) is 2.52. The number of nitrogens with zero attached hydrogens (tertiary/aromatic N) is 2. The second-order valence-electron chi connectivity index (χ2n) is 4.81. The monoisotopic (exact) mass is 314 g/mol. The molecule has 0 saturated carbocycles. The van der Waals surface area contributed by atoms with Crippen molar-refractivity contribution in [3.05, 3.63) is 53.1 Å². The van der Waals surface area contributed by atoms with E-state index in [2.05, 4.69) is 9.97 Å². The minimum absolute atomic E-state index is 0.151. The Kier molecular flexibility index (Phi) is 3.98. The highest BCUT2D eigenvalue weighted by Crippen LogP contribution is 2.29. The lowest BCUT2D eigenvalue weighted by Gasteiger charge is -2.11. The molecule has 0 saturated heterocycles. The number of hydrogen-bond donors (Lipinski definition) is 2. The average Bonchev–Trinajstić information content (AvgIpc) is 2.48. The number of fused-ring (bicyclic) bond motifs is 1. The minimum Gasteiger partial charge on any atom is -0.492 e. The molecule has 0 fully saturated rings. The number of nitrogen functional groups attached to an aromatic ring is 2. The summed E-state index contributed by atoms with van der Waals surface area (Å²) in [6, 6.07) is 13.2. The van der Waals surface area contributed by atoms with Crippen molar-refractivity contribution in [1.82, 2.24) is 9.97 Å². The van der Waals surface area contributed by atoms with E-state index in [1.807, 2.05) is 42.5 Å². The van der Waals surface area contributed by atoms with Crippen molar-refractivity contribution in [2.75, 3.05) is 18.1 Å². The fraction of sp³-hybridized carbons (Fsp3) is 0.125. The van der Waals surface area contributed by atoms with Crippen LogP contribution in [0.15, 0.2) is 42.5 Å². The number of nitrogens with two attached hydrogens (primary N) is 2. The van der Waals surface area contributed by atoms with Crippen LogP contribution in [0.3, 0.4) is 0 Å². The zero-order valence-corrected chi connectivity index (χ0v) is 12.5. The molecule has 0 aliphatic heterocycles. The van der Waals surface area contributed by atoms with Crippen LogP contribution in [-0.4, -0.2) is 16.6 Å². The Morgan fingerprint density at radius 3 is 2.64 bits per heavy atom. The van der Waals surface area contributed by atoms with E-state index in [1.165, 1.54) is 0 Å². The Balaban J connectivity index is 1.81. The maximum Gasteiger partial charge on any atom is 0.222 e. The normalized spacial score (nSPS) is 10.8. The van der Waals surface area contributed by atoms with Crippen LogP contribution in [0, 0.1) is 0 Å². The van der Waals surface area contributed by atoms with Crippen molar-refractivity contribution in [2.24, 2.45) is 0 Å². The average molecular weight is 315 g/mol. The maximum atomic E-state index is 6.13. The molecule has 0 spiro atoms. The molecule has 6 heteroatoms. The molecule has 0 amide bonds. The first-order valence-corrected chi connectivity index (χ1v) is 7.21. The Morgan fingerprint density at radius 2 is 1.82 bits per heavy atom. The van der Waals surface area contributed by atoms with Gasteiger partial charge in [0, 0.05) is 11.4 Å². The third kappa shape index (κ3) is 2.89. The molecule has 0 aliphatic rings. The lowest BCUT2D eigenvalue weighted by Crippen LogP contribution is -2.05. The van der Waals surface area contributed by atoms with Crippen LogP contribution in [0.5, 0.6) is 5.75 Å². The first kappa shape index (κ1) is 14.4. The van der Waals surface area contributed by atoms with Gasteiger partial charge in [-0.1, -0.05) is 35.9 Å². The number of rotatable bonds is 4. The molecule has 3 rings (SSSR count). The standard InChI is InChI=1S/C16H15ClN4O/c17-11-5-2-1-4-10(11)8-9-22-13-7-3-6-12-14(13)15(18)21-16(19)20-12/h1-7H,8-9H2,(H4,18,19,20,21). The lowest BCUT2D eigenvalue weighted by molar-refractivity contribution is 0.326. The van der Waals surface area contributed by atoms with Crippen LogP contribution >= 0.6 is 11.6 Å². The number of anilines is 2. The quantitative estimate of drug-likeness (QED) is 0.772. The molecular formula is C16H15ClN4O. The molecule has 1 aromatic heterocycles. The van der Waals surface area contributed by atoms with Crippen molar-refractivity contribution in [1.29, 1.82) is 0 Å². The summed E-state index contributed by atoms with van der Waals surface area (Å²) in [4.78, 5) is 8.15. The van der Waals surface area contributed by atoms with Gasteiger partial charge in [-0.15, -0.1) is 0 Å². The zero-order valence-electron chi connectivity index (χ0n) is 11.8. The number of benzene rings is 2. The van der Waals surface area contributed by atoms with Gasteiger partial charge in [0.2, 0.25) is 5.95 Å². The summed E-state index contributed by atoms with van der Waals surface area (Å²) in [6.45, 7) is 0.479. The Labute approximate surface area is 132 Å². The van der Waals surface area contributed by atoms with Crippen LogP contribution in [0.25, 0.3) is 10.9 Å². The van der Waals surface area contributed by atoms with E-state index >= 15 is 0 Å². The zero-order chi connectivity index (χ0) is 15.5. The topological polar surface area (TPSA) is 87.0 Å². The van der Waals surface area contributed by atoms with Gasteiger partial charge in [0.15, 0.2) is 0 Å². The highest BCUT2D eigenvalue weighted by molar-refractivity contribution is 6.31. The summed E-state index contributed by atoms with van der Waals surface area (Å²) in [5.41, 5.74) is 13.2. The second kappa shape index (κ2) is 6.07. The van der Waals surface area contributed by atoms with E-state index < -0.39 is 0 Å². The molecule has 5 nitrogen and oxygen atoms in total. The molecule has 0 bridgehead atoms. The van der Waals surface area contributed by atoms with Crippen LogP contribution in [0.2, 0.25) is 5.02 Å². The van der Waals surface area contributed by atoms with Crippen molar-refractivity contribution in [2.45, 2.75) is 6.42 Å². The molecule has 2 aromatic carbocycles. The smallest absolute Gasteiger partial charge is 0.222 e. The summed E-state index contributed by atoms with van der Waals surface area (Å²) < 4.78 is 5.84. The largest absolute Gasteiger partial charge is 0.492 e. The summed E-state index contributed by atoms with van der Waals surface area (Å²) in [7, 11) is 0. The van der Waals surface area contributed by atoms with E-state index in [0.717, 1.165) is 10.6 Å². The molecule has 0 unspecified atom stereocenters. The first-order chi connectivity index (χ1) is 10.6. The highest BCUT2D eigenvalue weighted by atomic mass is 35.5. The van der Waals surface area contributed by atoms with Gasteiger partial charge < -0.3 is 16.2 Å². The first-order valence-electron chi connectivity index (χ1n) is 6.83. The van der Waals surface area contributed by atoms with Gasteiger partial charge >= 0.3 is 0 Å². The predicted octanol–water partition coefficient (Wildman–Crippen LogP) is 3.07. The third-order valence-corrected chi connectivity index (χ3v) is 3.69. The SMILES string of the molecule is Nc1nc(N)c2c(OCCc3ccccc3Cl)cccc2n1. The van der Waals surface area contributed by atoms with Crippen molar-refractivity contribution in [3.63, 3.8) is 0 Å². The van der Waals surface area contributed by atoms with E-state index in [9.17, 15) is 0 Å². The van der Waals surface area contributed by atoms with Crippen LogP contribution in [0.4, 0.5) is 11.8 Å². The van der Waals surface area contributed by atoms with Crippen LogP contribution in [-0.2, 0) is 6.42 Å². The van der Waals surface area contributed by atoms with Gasteiger partial charge in [-0.25, -0.2) is 4.98 Å². The van der Waals surface area contributed by atoms with Gasteiger partial charge in [0.1, 0.15) is 11.6 Å². The molecule has 1 heterocycles. The van der Waals surface area contributed by atoms with Gasteiger partial charge in [-0.2, -0.15) is 4.98 Å². The van der Waals surface area contributed by atoms with Crippen molar-refractivity contribution in [3.8, 4) is 5.75 Å². The number of ether oxygens (including phenoxy) is 1. The summed E-state index contributed by atoms with van der Waals surface area (Å²) >= 11 is 6.13. The Morgan fingerprint density at radius 1 is 1.00 bits per heavy atom. The fourth-order valence-electron chi connectivity index (χ4n) is 2.29. The number of hydrogen-bond acceptors (Lipinski definition) is 5. The molecule has 0 radical (unpaired) electrons. The molecule has 112 valence electrons. The molecule has 0 aliphatic carbocycles. The molecule has 0 atom stereocenters. The molecular weight excluding hydrogens is 300 g/mol. The van der Waals surface area contributed by atoms with Crippen LogP contribution < -0.4 is 16.2 Å². The predicted molar refractivity (Wildman–Crippen MR) is 89.0 cm³/mol. The Bertz CT molecular complexity index is 822. The van der Waals surface area contributed by atoms with E-state index in [-0.39, 0.29) is 5.95 Å². The minimum atomic E-state index is 0.151. The van der Waals surface area contributed by atoms with E-state index in [0.29, 0.717) is 35.5 Å². The second-order valence-corrected chi connectivity index (χ2v) is 5.21. The number of aromatic nitrogens is 2. The summed E-state index contributed by atoms with van der Waals surface area (Å²) in [5.74, 6) is 1.11. The molecule has 4 N–H and O–H groups in total. The Hall–Kier alpha value is -2.53. The van der Waals surface area contributed by atoms with Gasteiger partial charge in [0.25, 0.3) is 0 Å². The third-order valence-electron chi connectivity index (χ3n) is 3.32. The van der Waals surface area contributed by atoms with Crippen molar-refractivity contribution < 1.29 is 4.74 Å². The number of halogens is 1. The maximum absolute atomic E-state index is 6.13. The van der Waals surface area contributed by atoms with Gasteiger partial charge in [0.05, 0.1) is 17.5 Å². The molecule has 22 heavy (non-hydrogen) atoms. The lowest BCUT2D eigenvalue weighted by atomic mass is 10.1.